The van der Waals surface area contributed by atoms with Gasteiger partial charge in [0.2, 0.25) is 5.91 Å². The molecule has 0 saturated carbocycles. The largest absolute Gasteiger partial charge is 0.346 e. The van der Waals surface area contributed by atoms with E-state index in [1.165, 1.54) is 16.0 Å². The van der Waals surface area contributed by atoms with E-state index in [4.69, 9.17) is 0 Å². The lowest BCUT2D eigenvalue weighted by molar-refractivity contribution is -0.148. The molecule has 0 bridgehead atoms. The molecule has 1 N–H and O–H groups in total. The number of benzene rings is 1. The Kier molecular flexibility index (Phi) is 7.68. The molecule has 0 radical (unpaired) electrons. The van der Waals surface area contributed by atoms with Crippen LogP contribution in [0.2, 0.25) is 0 Å². The second-order valence-electron chi connectivity index (χ2n) is 8.81. The Labute approximate surface area is 195 Å². The first-order valence-corrected chi connectivity index (χ1v) is 11.3. The van der Waals surface area contributed by atoms with Crippen LogP contribution in [0.25, 0.3) is 6.08 Å². The van der Waals surface area contributed by atoms with Crippen molar-refractivity contribution in [3.8, 4) is 0 Å². The van der Waals surface area contributed by atoms with Crippen molar-refractivity contribution in [3.05, 3.63) is 58.4 Å². The Hall–Kier alpha value is -3.42. The molecule has 1 saturated heterocycles. The molecule has 8 nitrogen and oxygen atoms in total. The minimum Gasteiger partial charge on any atom is -0.346 e. The van der Waals surface area contributed by atoms with Crippen molar-refractivity contribution in [1.29, 1.82) is 0 Å². The first-order chi connectivity index (χ1) is 15.7. The van der Waals surface area contributed by atoms with E-state index in [0.717, 1.165) is 17.0 Å². The number of aryl methyl sites for hydroxylation is 2. The van der Waals surface area contributed by atoms with Gasteiger partial charge in [0.15, 0.2) is 0 Å². The van der Waals surface area contributed by atoms with Crippen molar-refractivity contribution in [2.75, 3.05) is 26.2 Å². The third kappa shape index (κ3) is 6.09. The summed E-state index contributed by atoms with van der Waals surface area (Å²) in [5.41, 5.74) is 5.21. The third-order valence-corrected chi connectivity index (χ3v) is 5.78. The molecule has 1 aliphatic heterocycles. The molecular formula is C25H33N5O3. The van der Waals surface area contributed by atoms with Gasteiger partial charge >= 0.3 is 11.8 Å². The van der Waals surface area contributed by atoms with Gasteiger partial charge in [-0.2, -0.15) is 5.10 Å². The summed E-state index contributed by atoms with van der Waals surface area (Å²) in [4.78, 5) is 40.1. The summed E-state index contributed by atoms with van der Waals surface area (Å²) in [5, 5.41) is 7.26. The molecule has 176 valence electrons. The van der Waals surface area contributed by atoms with Crippen molar-refractivity contribution in [2.24, 2.45) is 0 Å². The molecule has 8 heteroatoms. The first kappa shape index (κ1) is 24.2. The van der Waals surface area contributed by atoms with Crippen LogP contribution in [-0.4, -0.2) is 69.5 Å². The van der Waals surface area contributed by atoms with Crippen molar-refractivity contribution in [2.45, 2.75) is 47.2 Å². The minimum absolute atomic E-state index is 0.0948. The lowest BCUT2D eigenvalue weighted by Crippen LogP contribution is -2.54. The average molecular weight is 452 g/mol. The number of hydrogen-bond donors (Lipinski definition) is 1. The Morgan fingerprint density at radius 3 is 2.21 bits per heavy atom. The highest BCUT2D eigenvalue weighted by atomic mass is 16.2. The number of hydrogen-bond acceptors (Lipinski definition) is 4. The predicted molar refractivity (Wildman–Crippen MR) is 127 cm³/mol. The molecular weight excluding hydrogens is 418 g/mol. The summed E-state index contributed by atoms with van der Waals surface area (Å²) in [6.07, 6.45) is 3.38. The second-order valence-corrected chi connectivity index (χ2v) is 8.81. The number of nitrogens with one attached hydrogen (secondary N) is 1. The molecule has 0 unspecified atom stereocenters. The Morgan fingerprint density at radius 1 is 1.00 bits per heavy atom. The maximum Gasteiger partial charge on any atom is 0.312 e. The van der Waals surface area contributed by atoms with Crippen molar-refractivity contribution >= 4 is 23.8 Å². The Balaban J connectivity index is 1.59. The maximum atomic E-state index is 12.7. The lowest BCUT2D eigenvalue weighted by atomic mass is 10.1. The van der Waals surface area contributed by atoms with Crippen molar-refractivity contribution in [1.82, 2.24) is 24.9 Å². The van der Waals surface area contributed by atoms with E-state index < -0.39 is 11.8 Å². The van der Waals surface area contributed by atoms with Crippen LogP contribution in [0.4, 0.5) is 0 Å². The van der Waals surface area contributed by atoms with Gasteiger partial charge in [0.05, 0.1) is 12.2 Å². The van der Waals surface area contributed by atoms with Crippen LogP contribution in [0.1, 0.15) is 41.9 Å². The molecule has 0 spiro atoms. The Morgan fingerprint density at radius 2 is 1.61 bits per heavy atom. The summed E-state index contributed by atoms with van der Waals surface area (Å²) in [7, 11) is 0. The van der Waals surface area contributed by atoms with E-state index in [2.05, 4.69) is 41.6 Å². The molecule has 3 amide bonds. The van der Waals surface area contributed by atoms with Crippen LogP contribution in [0.15, 0.2) is 30.3 Å². The van der Waals surface area contributed by atoms with Gasteiger partial charge in [-0.15, -0.1) is 0 Å². The highest BCUT2D eigenvalue weighted by Gasteiger charge is 2.27. The van der Waals surface area contributed by atoms with Gasteiger partial charge in [-0.3, -0.25) is 19.1 Å². The van der Waals surface area contributed by atoms with Crippen molar-refractivity contribution < 1.29 is 14.4 Å². The lowest BCUT2D eigenvalue weighted by Gasteiger charge is -2.33. The topological polar surface area (TPSA) is 87.5 Å². The van der Waals surface area contributed by atoms with Crippen LogP contribution >= 0.6 is 0 Å². The number of carbonyl (C=O) groups excluding carboxylic acids is 3. The van der Waals surface area contributed by atoms with E-state index in [1.54, 1.807) is 11.0 Å². The van der Waals surface area contributed by atoms with Crippen LogP contribution in [-0.2, 0) is 20.9 Å². The monoisotopic (exact) mass is 451 g/mol. The van der Waals surface area contributed by atoms with Crippen LogP contribution in [0, 0.1) is 20.8 Å². The standard InChI is InChI=1S/C25H33N5O3/c1-17(2)26-24(32)25(33)29-14-12-28(13-15-29)23(31)11-10-22-19(4)27-30(20(22)5)16-21-8-6-18(3)7-9-21/h6-11,17H,12-16H2,1-5H3,(H,26,32)/b11-10+. The van der Waals surface area contributed by atoms with E-state index >= 15 is 0 Å². The number of nitrogens with zero attached hydrogens (tertiary/aromatic N) is 4. The predicted octanol–water partition coefficient (Wildman–Crippen LogP) is 2.07. The van der Waals surface area contributed by atoms with E-state index in [0.29, 0.717) is 32.7 Å². The zero-order valence-corrected chi connectivity index (χ0v) is 20.1. The average Bonchev–Trinajstić information content (AvgIpc) is 3.05. The molecule has 1 aromatic heterocycles. The number of piperazine rings is 1. The highest BCUT2D eigenvalue weighted by Crippen LogP contribution is 2.17. The van der Waals surface area contributed by atoms with Gasteiger partial charge in [-0.05, 0) is 46.3 Å². The summed E-state index contributed by atoms with van der Waals surface area (Å²) < 4.78 is 1.96. The zero-order chi connectivity index (χ0) is 24.1. The molecule has 1 aliphatic rings. The summed E-state index contributed by atoms with van der Waals surface area (Å²) in [6.45, 7) is 11.8. The molecule has 0 atom stereocenters. The van der Waals surface area contributed by atoms with Gasteiger partial charge < -0.3 is 15.1 Å². The fourth-order valence-electron chi connectivity index (χ4n) is 3.83. The first-order valence-electron chi connectivity index (χ1n) is 11.3. The fourth-order valence-corrected chi connectivity index (χ4v) is 3.83. The SMILES string of the molecule is Cc1ccc(Cn2nc(C)c(/C=C/C(=O)N3CCN(C(=O)C(=O)NC(C)C)CC3)c2C)cc1. The number of amides is 3. The van der Waals surface area contributed by atoms with Gasteiger partial charge in [0.1, 0.15) is 0 Å². The smallest absolute Gasteiger partial charge is 0.312 e. The maximum absolute atomic E-state index is 12.7. The van der Waals surface area contributed by atoms with Crippen molar-refractivity contribution in [3.63, 3.8) is 0 Å². The second kappa shape index (κ2) is 10.5. The zero-order valence-electron chi connectivity index (χ0n) is 20.1. The normalized spacial score (nSPS) is 14.2. The molecule has 1 fully saturated rings. The summed E-state index contributed by atoms with van der Waals surface area (Å²) in [6, 6.07) is 8.28. The molecule has 3 rings (SSSR count). The van der Waals surface area contributed by atoms with Gasteiger partial charge in [-0.25, -0.2) is 0 Å². The van der Waals surface area contributed by atoms with Gasteiger partial charge in [0, 0.05) is 49.6 Å². The van der Waals surface area contributed by atoms with Crippen LogP contribution in [0.3, 0.4) is 0 Å². The molecule has 2 aromatic rings. The minimum atomic E-state index is -0.599. The summed E-state index contributed by atoms with van der Waals surface area (Å²) in [5.74, 6) is -1.25. The molecule has 1 aromatic carbocycles. The van der Waals surface area contributed by atoms with Gasteiger partial charge in [0.25, 0.3) is 0 Å². The highest BCUT2D eigenvalue weighted by molar-refractivity contribution is 6.35. The summed E-state index contributed by atoms with van der Waals surface area (Å²) >= 11 is 0. The van der Waals surface area contributed by atoms with E-state index in [1.807, 2.05) is 38.5 Å². The van der Waals surface area contributed by atoms with Crippen LogP contribution in [0.5, 0.6) is 0 Å². The molecule has 33 heavy (non-hydrogen) atoms. The number of rotatable bonds is 5. The number of aromatic nitrogens is 2. The third-order valence-electron chi connectivity index (χ3n) is 5.78. The van der Waals surface area contributed by atoms with Crippen LogP contribution < -0.4 is 5.32 Å². The molecule has 2 heterocycles. The Bertz CT molecular complexity index is 1040. The van der Waals surface area contributed by atoms with Gasteiger partial charge in [-0.1, -0.05) is 29.8 Å². The van der Waals surface area contributed by atoms with E-state index in [9.17, 15) is 14.4 Å². The van der Waals surface area contributed by atoms with E-state index in [-0.39, 0.29) is 11.9 Å². The number of carbonyl (C=O) groups is 3. The molecule has 0 aliphatic carbocycles. The quantitative estimate of drug-likeness (QED) is 0.557. The fraction of sp³-hybridized carbons (Fsp3) is 0.440.